The van der Waals surface area contributed by atoms with Gasteiger partial charge in [-0.1, -0.05) is 20.8 Å². The Kier molecular flexibility index (Phi) is 5.22. The number of thiophene rings is 1. The molecule has 1 N–H and O–H groups in total. The molecule has 0 bridgehead atoms. The minimum Gasteiger partial charge on any atom is -0.314 e. The van der Waals surface area contributed by atoms with Crippen molar-refractivity contribution in [3.05, 3.63) is 21.9 Å². The fourth-order valence-corrected chi connectivity index (χ4v) is 3.67. The van der Waals surface area contributed by atoms with Crippen LogP contribution < -0.4 is 5.32 Å². The van der Waals surface area contributed by atoms with E-state index in [0.29, 0.717) is 6.04 Å². The van der Waals surface area contributed by atoms with Gasteiger partial charge in [-0.05, 0) is 30.9 Å². The van der Waals surface area contributed by atoms with Gasteiger partial charge in [0, 0.05) is 42.0 Å². The van der Waals surface area contributed by atoms with E-state index in [2.05, 4.69) is 43.1 Å². The van der Waals surface area contributed by atoms with E-state index >= 15 is 0 Å². The maximum atomic E-state index is 3.53. The van der Waals surface area contributed by atoms with Crippen molar-refractivity contribution in [2.45, 2.75) is 46.2 Å². The molecule has 0 amide bonds. The molecule has 1 atom stereocenters. The van der Waals surface area contributed by atoms with Crippen LogP contribution in [0.2, 0.25) is 0 Å². The molecule has 1 fully saturated rings. The highest BCUT2D eigenvalue weighted by Gasteiger charge is 2.23. The molecule has 1 aromatic heterocycles. The second-order valence-electron chi connectivity index (χ2n) is 5.68. The smallest absolute Gasteiger partial charge is 0.0332 e. The van der Waals surface area contributed by atoms with Gasteiger partial charge >= 0.3 is 0 Å². The molecule has 18 heavy (non-hydrogen) atoms. The third-order valence-electron chi connectivity index (χ3n) is 3.64. The van der Waals surface area contributed by atoms with Gasteiger partial charge in [0.15, 0.2) is 0 Å². The molecule has 1 aliphatic heterocycles. The van der Waals surface area contributed by atoms with Crippen LogP contribution in [0, 0.1) is 5.92 Å². The quantitative estimate of drug-likeness (QED) is 0.881. The average molecular weight is 266 g/mol. The van der Waals surface area contributed by atoms with E-state index in [0.717, 1.165) is 25.6 Å². The molecule has 0 aromatic carbocycles. The van der Waals surface area contributed by atoms with Gasteiger partial charge in [0.25, 0.3) is 0 Å². The van der Waals surface area contributed by atoms with Crippen LogP contribution in [0.1, 0.15) is 36.9 Å². The fourth-order valence-electron chi connectivity index (χ4n) is 2.69. The Morgan fingerprint density at radius 3 is 2.83 bits per heavy atom. The zero-order valence-corrected chi connectivity index (χ0v) is 12.7. The number of rotatable bonds is 5. The van der Waals surface area contributed by atoms with Crippen molar-refractivity contribution in [2.75, 3.05) is 19.6 Å². The van der Waals surface area contributed by atoms with Crippen molar-refractivity contribution in [3.8, 4) is 0 Å². The summed E-state index contributed by atoms with van der Waals surface area (Å²) in [4.78, 5) is 5.71. The monoisotopic (exact) mass is 266 g/mol. The molecular formula is C15H26N2S. The average Bonchev–Trinajstić information content (AvgIpc) is 2.79. The predicted octanol–water partition coefficient (Wildman–Crippen LogP) is 3.13. The van der Waals surface area contributed by atoms with Crippen molar-refractivity contribution < 1.29 is 0 Å². The summed E-state index contributed by atoms with van der Waals surface area (Å²) in [6.45, 7) is 11.5. The summed E-state index contributed by atoms with van der Waals surface area (Å²) < 4.78 is 0. The first-order valence-corrected chi connectivity index (χ1v) is 8.03. The third kappa shape index (κ3) is 3.81. The van der Waals surface area contributed by atoms with Crippen LogP contribution in [0.25, 0.3) is 0 Å². The van der Waals surface area contributed by atoms with Crippen molar-refractivity contribution >= 4 is 11.3 Å². The molecule has 0 aliphatic carbocycles. The van der Waals surface area contributed by atoms with Crippen molar-refractivity contribution in [3.63, 3.8) is 0 Å². The standard InChI is InChI=1S/C15H26N2S/c1-4-14-5-6-15(18-14)11-17-8-7-16-10-13(17)9-12(2)3/h5-6,12-13,16H,4,7-11H2,1-3H3. The first kappa shape index (κ1) is 14.0. The van der Waals surface area contributed by atoms with Crippen LogP contribution in [0.3, 0.4) is 0 Å². The number of aryl methyl sites for hydroxylation is 1. The molecule has 0 saturated carbocycles. The van der Waals surface area contributed by atoms with E-state index in [-0.39, 0.29) is 0 Å². The van der Waals surface area contributed by atoms with Gasteiger partial charge in [0.2, 0.25) is 0 Å². The molecule has 0 radical (unpaired) electrons. The summed E-state index contributed by atoms with van der Waals surface area (Å²) in [5.41, 5.74) is 0. The molecule has 1 aromatic rings. The first-order chi connectivity index (χ1) is 8.69. The number of piperazine rings is 1. The topological polar surface area (TPSA) is 15.3 Å². The summed E-state index contributed by atoms with van der Waals surface area (Å²) in [6, 6.07) is 5.32. The third-order valence-corrected chi connectivity index (χ3v) is 4.85. The van der Waals surface area contributed by atoms with Gasteiger partial charge in [-0.25, -0.2) is 0 Å². The van der Waals surface area contributed by atoms with E-state index in [1.54, 1.807) is 0 Å². The summed E-state index contributed by atoms with van der Waals surface area (Å²) in [6.07, 6.45) is 2.47. The Labute approximate surface area is 115 Å². The number of hydrogen-bond donors (Lipinski definition) is 1. The van der Waals surface area contributed by atoms with Crippen molar-refractivity contribution in [1.82, 2.24) is 10.2 Å². The largest absolute Gasteiger partial charge is 0.314 e. The lowest BCUT2D eigenvalue weighted by Gasteiger charge is -2.37. The Balaban J connectivity index is 1.96. The van der Waals surface area contributed by atoms with Gasteiger partial charge in [-0.2, -0.15) is 0 Å². The van der Waals surface area contributed by atoms with Gasteiger partial charge in [0.05, 0.1) is 0 Å². The van der Waals surface area contributed by atoms with E-state index in [9.17, 15) is 0 Å². The number of nitrogens with zero attached hydrogens (tertiary/aromatic N) is 1. The van der Waals surface area contributed by atoms with E-state index in [1.165, 1.54) is 29.1 Å². The molecule has 1 unspecified atom stereocenters. The van der Waals surface area contributed by atoms with Gasteiger partial charge in [-0.15, -0.1) is 11.3 Å². The fraction of sp³-hybridized carbons (Fsp3) is 0.733. The maximum absolute atomic E-state index is 3.53. The molecule has 1 aliphatic rings. The Morgan fingerprint density at radius 2 is 2.17 bits per heavy atom. The summed E-state index contributed by atoms with van der Waals surface area (Å²) in [7, 11) is 0. The van der Waals surface area contributed by atoms with Crippen molar-refractivity contribution in [1.29, 1.82) is 0 Å². The zero-order valence-electron chi connectivity index (χ0n) is 11.9. The maximum Gasteiger partial charge on any atom is 0.0332 e. The molecular weight excluding hydrogens is 240 g/mol. The molecule has 0 spiro atoms. The van der Waals surface area contributed by atoms with E-state index < -0.39 is 0 Å². The lowest BCUT2D eigenvalue weighted by Crippen LogP contribution is -2.51. The highest BCUT2D eigenvalue weighted by atomic mass is 32.1. The predicted molar refractivity (Wildman–Crippen MR) is 80.2 cm³/mol. The highest BCUT2D eigenvalue weighted by molar-refractivity contribution is 7.11. The van der Waals surface area contributed by atoms with E-state index in [1.807, 2.05) is 11.3 Å². The Hall–Kier alpha value is -0.380. The van der Waals surface area contributed by atoms with Gasteiger partial charge < -0.3 is 5.32 Å². The SMILES string of the molecule is CCc1ccc(CN2CCNCC2CC(C)C)s1. The lowest BCUT2D eigenvalue weighted by atomic mass is 10.0. The summed E-state index contributed by atoms with van der Waals surface area (Å²) in [5, 5.41) is 3.53. The molecule has 1 saturated heterocycles. The summed E-state index contributed by atoms with van der Waals surface area (Å²) >= 11 is 1.99. The van der Waals surface area contributed by atoms with Crippen LogP contribution in [0.5, 0.6) is 0 Å². The van der Waals surface area contributed by atoms with Crippen LogP contribution in [-0.4, -0.2) is 30.6 Å². The zero-order chi connectivity index (χ0) is 13.0. The minimum atomic E-state index is 0.714. The van der Waals surface area contributed by atoms with Gasteiger partial charge in [0.1, 0.15) is 0 Å². The van der Waals surface area contributed by atoms with E-state index in [4.69, 9.17) is 0 Å². The molecule has 102 valence electrons. The Morgan fingerprint density at radius 1 is 1.39 bits per heavy atom. The lowest BCUT2D eigenvalue weighted by molar-refractivity contribution is 0.135. The molecule has 2 heterocycles. The molecule has 3 heteroatoms. The molecule has 2 rings (SSSR count). The van der Waals surface area contributed by atoms with Crippen LogP contribution >= 0.6 is 11.3 Å². The number of hydrogen-bond acceptors (Lipinski definition) is 3. The highest BCUT2D eigenvalue weighted by Crippen LogP contribution is 2.22. The normalized spacial score (nSPS) is 21.7. The molecule has 2 nitrogen and oxygen atoms in total. The second kappa shape index (κ2) is 6.69. The van der Waals surface area contributed by atoms with Gasteiger partial charge in [-0.3, -0.25) is 4.90 Å². The summed E-state index contributed by atoms with van der Waals surface area (Å²) in [5.74, 6) is 0.784. The second-order valence-corrected chi connectivity index (χ2v) is 6.93. The van der Waals surface area contributed by atoms with Crippen molar-refractivity contribution in [2.24, 2.45) is 5.92 Å². The minimum absolute atomic E-state index is 0.714. The van der Waals surface area contributed by atoms with Crippen LogP contribution in [-0.2, 0) is 13.0 Å². The van der Waals surface area contributed by atoms with Crippen LogP contribution in [0.15, 0.2) is 12.1 Å². The Bertz CT molecular complexity index is 359. The number of nitrogens with one attached hydrogen (secondary N) is 1. The van der Waals surface area contributed by atoms with Crippen LogP contribution in [0.4, 0.5) is 0 Å². The first-order valence-electron chi connectivity index (χ1n) is 7.21.